The van der Waals surface area contributed by atoms with Gasteiger partial charge in [-0.2, -0.15) is 0 Å². The lowest BCUT2D eigenvalue weighted by atomic mass is 10.1. The summed E-state index contributed by atoms with van der Waals surface area (Å²) >= 11 is 0. The molecule has 1 aliphatic heterocycles. The number of aromatic nitrogens is 1. The van der Waals surface area contributed by atoms with Crippen molar-refractivity contribution in [2.75, 3.05) is 18.1 Å². The zero-order chi connectivity index (χ0) is 17.6. The molecule has 0 saturated carbocycles. The Morgan fingerprint density at radius 1 is 1.32 bits per heavy atom. The summed E-state index contributed by atoms with van der Waals surface area (Å²) in [6, 6.07) is 10.8. The molecule has 2 aromatic rings. The Hall–Kier alpha value is -2.89. The van der Waals surface area contributed by atoms with E-state index in [2.05, 4.69) is 10.3 Å². The van der Waals surface area contributed by atoms with Crippen LogP contribution < -0.4 is 15.0 Å². The SMILES string of the molecule is CCOc1ncccc1CNC(=O)c1cccc(N2CCCC2=O)c1. The summed E-state index contributed by atoms with van der Waals surface area (Å²) in [5.41, 5.74) is 2.12. The third kappa shape index (κ3) is 3.96. The second-order valence-electron chi connectivity index (χ2n) is 5.78. The number of carbonyl (C=O) groups is 2. The monoisotopic (exact) mass is 339 g/mol. The Bertz CT molecular complexity index is 776. The summed E-state index contributed by atoms with van der Waals surface area (Å²) in [7, 11) is 0. The molecular formula is C19H21N3O3. The number of anilines is 1. The van der Waals surface area contributed by atoms with Gasteiger partial charge in [-0.25, -0.2) is 4.98 Å². The molecule has 0 atom stereocenters. The molecule has 0 aliphatic carbocycles. The predicted octanol–water partition coefficient (Wildman–Crippen LogP) is 2.54. The van der Waals surface area contributed by atoms with Gasteiger partial charge in [-0.1, -0.05) is 12.1 Å². The topological polar surface area (TPSA) is 71.5 Å². The maximum Gasteiger partial charge on any atom is 0.251 e. The van der Waals surface area contributed by atoms with Crippen LogP contribution in [0.15, 0.2) is 42.6 Å². The van der Waals surface area contributed by atoms with Crippen LogP contribution in [0.25, 0.3) is 0 Å². The van der Waals surface area contributed by atoms with Gasteiger partial charge in [0.2, 0.25) is 11.8 Å². The van der Waals surface area contributed by atoms with Crippen molar-refractivity contribution in [3.8, 4) is 5.88 Å². The standard InChI is InChI=1S/C19H21N3O3/c1-2-25-19-15(7-4-10-20-19)13-21-18(24)14-6-3-8-16(12-14)22-11-5-9-17(22)23/h3-4,6-8,10,12H,2,5,9,11,13H2,1H3,(H,21,24). The number of hydrogen-bond acceptors (Lipinski definition) is 4. The Morgan fingerprint density at radius 3 is 2.96 bits per heavy atom. The fourth-order valence-electron chi connectivity index (χ4n) is 2.84. The second kappa shape index (κ2) is 7.79. The molecule has 1 fully saturated rings. The highest BCUT2D eigenvalue weighted by molar-refractivity contribution is 5.99. The lowest BCUT2D eigenvalue weighted by molar-refractivity contribution is -0.117. The molecular weight excluding hydrogens is 318 g/mol. The quantitative estimate of drug-likeness (QED) is 0.878. The van der Waals surface area contributed by atoms with Gasteiger partial charge in [-0.15, -0.1) is 0 Å². The summed E-state index contributed by atoms with van der Waals surface area (Å²) in [6.07, 6.45) is 3.08. The molecule has 1 aliphatic rings. The highest BCUT2D eigenvalue weighted by Gasteiger charge is 2.22. The van der Waals surface area contributed by atoms with Crippen molar-refractivity contribution in [1.82, 2.24) is 10.3 Å². The molecule has 0 radical (unpaired) electrons. The van der Waals surface area contributed by atoms with Gasteiger partial charge in [0, 0.05) is 42.5 Å². The molecule has 0 unspecified atom stereocenters. The molecule has 1 saturated heterocycles. The van der Waals surface area contributed by atoms with E-state index < -0.39 is 0 Å². The minimum atomic E-state index is -0.195. The van der Waals surface area contributed by atoms with Gasteiger partial charge in [-0.3, -0.25) is 9.59 Å². The first-order valence-electron chi connectivity index (χ1n) is 8.44. The number of carbonyl (C=O) groups excluding carboxylic acids is 2. The smallest absolute Gasteiger partial charge is 0.251 e. The molecule has 1 N–H and O–H groups in total. The summed E-state index contributed by atoms with van der Waals surface area (Å²) in [5.74, 6) is 0.441. The second-order valence-corrected chi connectivity index (χ2v) is 5.78. The first-order valence-corrected chi connectivity index (χ1v) is 8.44. The van der Waals surface area contributed by atoms with Crippen molar-refractivity contribution < 1.29 is 14.3 Å². The Labute approximate surface area is 146 Å². The van der Waals surface area contributed by atoms with Crippen LogP contribution in [0.4, 0.5) is 5.69 Å². The Balaban J connectivity index is 1.69. The number of benzene rings is 1. The highest BCUT2D eigenvalue weighted by atomic mass is 16.5. The molecule has 6 heteroatoms. The highest BCUT2D eigenvalue weighted by Crippen LogP contribution is 2.22. The summed E-state index contributed by atoms with van der Waals surface area (Å²) in [4.78, 5) is 30.2. The van der Waals surface area contributed by atoms with E-state index in [4.69, 9.17) is 4.74 Å². The molecule has 1 aromatic carbocycles. The van der Waals surface area contributed by atoms with Crippen LogP contribution >= 0.6 is 0 Å². The maximum atomic E-state index is 12.5. The molecule has 6 nitrogen and oxygen atoms in total. The van der Waals surface area contributed by atoms with E-state index in [-0.39, 0.29) is 11.8 Å². The Kier molecular flexibility index (Phi) is 5.28. The van der Waals surface area contributed by atoms with Gasteiger partial charge in [0.05, 0.1) is 6.61 Å². The summed E-state index contributed by atoms with van der Waals surface area (Å²) in [6.45, 7) is 3.44. The minimum absolute atomic E-state index is 0.106. The van der Waals surface area contributed by atoms with E-state index >= 15 is 0 Å². The van der Waals surface area contributed by atoms with Crippen LogP contribution in [-0.4, -0.2) is 29.9 Å². The molecule has 1 aromatic heterocycles. The first-order chi connectivity index (χ1) is 12.2. The Morgan fingerprint density at radius 2 is 2.20 bits per heavy atom. The number of pyridine rings is 1. The molecule has 3 rings (SSSR count). The molecule has 2 heterocycles. The number of ether oxygens (including phenoxy) is 1. The van der Waals surface area contributed by atoms with Crippen molar-refractivity contribution in [2.24, 2.45) is 0 Å². The normalized spacial score (nSPS) is 13.8. The van der Waals surface area contributed by atoms with Crippen LogP contribution in [0.1, 0.15) is 35.7 Å². The zero-order valence-electron chi connectivity index (χ0n) is 14.2. The van der Waals surface area contributed by atoms with Crippen LogP contribution in [0.3, 0.4) is 0 Å². The van der Waals surface area contributed by atoms with Crippen molar-refractivity contribution in [3.63, 3.8) is 0 Å². The van der Waals surface area contributed by atoms with E-state index in [1.54, 1.807) is 29.3 Å². The van der Waals surface area contributed by atoms with Gasteiger partial charge < -0.3 is 15.0 Å². The van der Waals surface area contributed by atoms with Gasteiger partial charge in [0.25, 0.3) is 5.91 Å². The lowest BCUT2D eigenvalue weighted by Crippen LogP contribution is -2.26. The number of nitrogens with zero attached hydrogens (tertiary/aromatic N) is 2. The first kappa shape index (κ1) is 17.0. The summed E-state index contributed by atoms with van der Waals surface area (Å²) in [5, 5.41) is 2.88. The van der Waals surface area contributed by atoms with E-state index in [9.17, 15) is 9.59 Å². The van der Waals surface area contributed by atoms with Crippen molar-refractivity contribution >= 4 is 17.5 Å². The maximum absolute atomic E-state index is 12.5. The van der Waals surface area contributed by atoms with Crippen molar-refractivity contribution in [3.05, 3.63) is 53.7 Å². The summed E-state index contributed by atoms with van der Waals surface area (Å²) < 4.78 is 5.47. The zero-order valence-corrected chi connectivity index (χ0v) is 14.2. The van der Waals surface area contributed by atoms with Crippen LogP contribution in [0.5, 0.6) is 5.88 Å². The third-order valence-corrected chi connectivity index (χ3v) is 4.06. The fourth-order valence-corrected chi connectivity index (χ4v) is 2.84. The number of nitrogens with one attached hydrogen (secondary N) is 1. The van der Waals surface area contributed by atoms with E-state index in [1.807, 2.05) is 25.1 Å². The van der Waals surface area contributed by atoms with Crippen LogP contribution in [-0.2, 0) is 11.3 Å². The van der Waals surface area contributed by atoms with Crippen molar-refractivity contribution in [2.45, 2.75) is 26.3 Å². The van der Waals surface area contributed by atoms with E-state index in [0.717, 1.165) is 17.7 Å². The number of rotatable bonds is 6. The molecule has 0 spiro atoms. The molecule has 2 amide bonds. The molecule has 25 heavy (non-hydrogen) atoms. The molecule has 130 valence electrons. The number of hydrogen-bond donors (Lipinski definition) is 1. The van der Waals surface area contributed by atoms with E-state index in [0.29, 0.717) is 37.6 Å². The van der Waals surface area contributed by atoms with Gasteiger partial charge >= 0.3 is 0 Å². The minimum Gasteiger partial charge on any atom is -0.478 e. The number of amides is 2. The lowest BCUT2D eigenvalue weighted by Gasteiger charge is -2.16. The fraction of sp³-hybridized carbons (Fsp3) is 0.316. The van der Waals surface area contributed by atoms with Crippen LogP contribution in [0.2, 0.25) is 0 Å². The van der Waals surface area contributed by atoms with Crippen molar-refractivity contribution in [1.29, 1.82) is 0 Å². The van der Waals surface area contributed by atoms with Crippen LogP contribution in [0, 0.1) is 0 Å². The van der Waals surface area contributed by atoms with E-state index in [1.165, 1.54) is 0 Å². The molecule has 0 bridgehead atoms. The van der Waals surface area contributed by atoms with Gasteiger partial charge in [0.15, 0.2) is 0 Å². The largest absolute Gasteiger partial charge is 0.478 e. The van der Waals surface area contributed by atoms with Gasteiger partial charge in [-0.05, 0) is 37.6 Å². The third-order valence-electron chi connectivity index (χ3n) is 4.06. The average molecular weight is 339 g/mol. The van der Waals surface area contributed by atoms with Gasteiger partial charge in [0.1, 0.15) is 0 Å². The predicted molar refractivity (Wildman–Crippen MR) is 94.6 cm³/mol. The average Bonchev–Trinajstić information content (AvgIpc) is 3.07.